The Hall–Kier alpha value is -3.57. The zero-order valence-electron chi connectivity index (χ0n) is 23.1. The van der Waals surface area contributed by atoms with Gasteiger partial charge in [0, 0.05) is 35.7 Å². The Bertz CT molecular complexity index is 1320. The number of fused-ring (bicyclic) bond motifs is 1. The van der Waals surface area contributed by atoms with Crippen LogP contribution in [0.1, 0.15) is 61.9 Å². The molecule has 0 bridgehead atoms. The van der Waals surface area contributed by atoms with Crippen LogP contribution in [0, 0.1) is 0 Å². The van der Waals surface area contributed by atoms with Gasteiger partial charge in [0.25, 0.3) is 0 Å². The predicted octanol–water partition coefficient (Wildman–Crippen LogP) is 7.33. The molecule has 200 valence electrons. The summed E-state index contributed by atoms with van der Waals surface area (Å²) in [5, 5.41) is 0.868. The van der Waals surface area contributed by atoms with Gasteiger partial charge in [-0.2, -0.15) is 0 Å². The molecular weight excluding hydrogens is 470 g/mol. The van der Waals surface area contributed by atoms with Crippen LogP contribution < -0.4 is 10.5 Å². The summed E-state index contributed by atoms with van der Waals surface area (Å²) in [5.74, 6) is 0.773. The smallest absolute Gasteiger partial charge is 0.195 e. The van der Waals surface area contributed by atoms with Crippen LogP contribution in [0.5, 0.6) is 5.75 Å². The molecule has 2 N–H and O–H groups in total. The molecule has 1 aromatic heterocycles. The summed E-state index contributed by atoms with van der Waals surface area (Å²) >= 11 is 0. The number of carbonyl (C=O) groups is 1. The Morgan fingerprint density at radius 3 is 2.18 bits per heavy atom. The summed E-state index contributed by atoms with van der Waals surface area (Å²) in [5.41, 5.74) is 11.0. The number of ketones is 1. The third kappa shape index (κ3) is 6.46. The molecule has 0 atom stereocenters. The highest BCUT2D eigenvalue weighted by atomic mass is 16.5. The maximum atomic E-state index is 13.9. The Balaban J connectivity index is 1.49. The van der Waals surface area contributed by atoms with Crippen molar-refractivity contribution in [2.75, 3.05) is 32.0 Å². The molecule has 0 saturated carbocycles. The lowest BCUT2D eigenvalue weighted by molar-refractivity contribution is 0.104. The fourth-order valence-electron chi connectivity index (χ4n) is 5.05. The molecule has 0 aliphatic rings. The summed E-state index contributed by atoms with van der Waals surface area (Å²) in [7, 11) is 2.00. The van der Waals surface area contributed by atoms with Gasteiger partial charge in [-0.15, -0.1) is 0 Å². The molecule has 5 nitrogen and oxygen atoms in total. The Kier molecular flexibility index (Phi) is 9.61. The van der Waals surface area contributed by atoms with E-state index in [1.807, 2.05) is 79.8 Å². The fraction of sp³-hybridized carbons (Fsp3) is 0.364. The second kappa shape index (κ2) is 13.3. The number of nitrogen functional groups attached to an aromatic ring is 1. The number of hydrogen-bond acceptors (Lipinski definition) is 4. The topological polar surface area (TPSA) is 60.5 Å². The van der Waals surface area contributed by atoms with Crippen LogP contribution in [0.4, 0.5) is 5.69 Å². The van der Waals surface area contributed by atoms with Crippen LogP contribution >= 0.6 is 0 Å². The van der Waals surface area contributed by atoms with E-state index in [1.165, 1.54) is 25.7 Å². The highest BCUT2D eigenvalue weighted by molar-refractivity contribution is 6.21. The van der Waals surface area contributed by atoms with E-state index in [0.717, 1.165) is 54.0 Å². The van der Waals surface area contributed by atoms with Crippen LogP contribution in [0.3, 0.4) is 0 Å². The molecule has 0 amide bonds. The third-order valence-electron chi connectivity index (χ3n) is 7.16. The van der Waals surface area contributed by atoms with E-state index in [0.29, 0.717) is 23.4 Å². The Morgan fingerprint density at radius 2 is 1.53 bits per heavy atom. The van der Waals surface area contributed by atoms with Crippen molar-refractivity contribution in [3.63, 3.8) is 0 Å². The number of nitrogens with zero attached hydrogens (tertiary/aromatic N) is 2. The highest BCUT2D eigenvalue weighted by Gasteiger charge is 2.23. The molecular formula is C33H41N3O2. The normalized spacial score (nSPS) is 11.4. The molecule has 4 rings (SSSR count). The van der Waals surface area contributed by atoms with Crippen LogP contribution in [0.2, 0.25) is 0 Å². The quantitative estimate of drug-likeness (QED) is 0.109. The van der Waals surface area contributed by atoms with Gasteiger partial charge in [-0.25, -0.2) is 0 Å². The molecule has 38 heavy (non-hydrogen) atoms. The van der Waals surface area contributed by atoms with Crippen molar-refractivity contribution in [3.8, 4) is 17.0 Å². The molecule has 5 heteroatoms. The maximum Gasteiger partial charge on any atom is 0.195 e. The number of benzene rings is 3. The Morgan fingerprint density at radius 1 is 0.868 bits per heavy atom. The van der Waals surface area contributed by atoms with Crippen LogP contribution in [0.25, 0.3) is 22.2 Å². The minimum atomic E-state index is -0.0194. The molecule has 0 unspecified atom stereocenters. The van der Waals surface area contributed by atoms with Crippen molar-refractivity contribution in [2.24, 2.45) is 7.05 Å². The molecule has 3 aromatic carbocycles. The van der Waals surface area contributed by atoms with Crippen molar-refractivity contribution in [1.29, 1.82) is 0 Å². The second-order valence-electron chi connectivity index (χ2n) is 10.0. The van der Waals surface area contributed by atoms with Gasteiger partial charge in [-0.05, 0) is 80.4 Å². The average Bonchev–Trinajstić information content (AvgIpc) is 3.23. The third-order valence-corrected chi connectivity index (χ3v) is 7.16. The lowest BCUT2D eigenvalue weighted by Gasteiger charge is -2.21. The van der Waals surface area contributed by atoms with Gasteiger partial charge in [0.1, 0.15) is 5.75 Å². The number of unbranched alkanes of at least 4 members (excludes halogenated alkanes) is 2. The first kappa shape index (κ1) is 27.5. The maximum absolute atomic E-state index is 13.9. The number of ether oxygens (including phenoxy) is 1. The first-order valence-electron chi connectivity index (χ1n) is 14.0. The van der Waals surface area contributed by atoms with E-state index in [-0.39, 0.29) is 5.78 Å². The van der Waals surface area contributed by atoms with E-state index >= 15 is 0 Å². The summed E-state index contributed by atoms with van der Waals surface area (Å²) in [6.45, 7) is 8.55. The van der Waals surface area contributed by atoms with E-state index in [4.69, 9.17) is 10.5 Å². The molecule has 1 heterocycles. The average molecular weight is 512 g/mol. The summed E-state index contributed by atoms with van der Waals surface area (Å²) in [6.07, 6.45) is 5.93. The molecule has 0 fully saturated rings. The minimum absolute atomic E-state index is 0.0194. The standard InChI is InChI=1S/C33H41N3O2/c1-4-6-20-36(21-7-5-2)22-11-23-38-28-17-14-26(15-18-28)33(37)31-29-24-27(34)16-19-30(29)35(3)32(31)25-12-9-8-10-13-25/h8-10,12-19,24H,4-7,11,20-23,34H2,1-3H3. The zero-order chi connectivity index (χ0) is 26.9. The van der Waals surface area contributed by atoms with Crippen molar-refractivity contribution < 1.29 is 9.53 Å². The summed E-state index contributed by atoms with van der Waals surface area (Å²) < 4.78 is 8.11. The van der Waals surface area contributed by atoms with E-state index in [1.54, 1.807) is 0 Å². The number of nitrogens with two attached hydrogens (primary N) is 1. The number of carbonyl (C=O) groups excluding carboxylic acids is 1. The largest absolute Gasteiger partial charge is 0.494 e. The number of anilines is 1. The predicted molar refractivity (Wildman–Crippen MR) is 159 cm³/mol. The van der Waals surface area contributed by atoms with Gasteiger partial charge < -0.3 is 19.9 Å². The fourth-order valence-corrected chi connectivity index (χ4v) is 5.05. The Labute approximate surface area is 227 Å². The molecule has 0 spiro atoms. The molecule has 4 aromatic rings. The van der Waals surface area contributed by atoms with Crippen molar-refractivity contribution in [3.05, 3.63) is 83.9 Å². The van der Waals surface area contributed by atoms with Crippen molar-refractivity contribution in [1.82, 2.24) is 9.47 Å². The highest BCUT2D eigenvalue weighted by Crippen LogP contribution is 2.35. The number of rotatable bonds is 14. The molecule has 0 aliphatic heterocycles. The molecule has 0 aliphatic carbocycles. The van der Waals surface area contributed by atoms with Gasteiger partial charge >= 0.3 is 0 Å². The first-order chi connectivity index (χ1) is 18.5. The van der Waals surface area contributed by atoms with E-state index in [9.17, 15) is 4.79 Å². The molecule has 0 radical (unpaired) electrons. The molecule has 0 saturated heterocycles. The van der Waals surface area contributed by atoms with E-state index in [2.05, 4.69) is 23.3 Å². The van der Waals surface area contributed by atoms with E-state index < -0.39 is 0 Å². The number of aryl methyl sites for hydroxylation is 1. The summed E-state index contributed by atoms with van der Waals surface area (Å²) in [6, 6.07) is 23.4. The van der Waals surface area contributed by atoms with Crippen LogP contribution in [-0.2, 0) is 7.05 Å². The van der Waals surface area contributed by atoms with Gasteiger partial charge in [0.15, 0.2) is 5.78 Å². The number of aromatic nitrogens is 1. The van der Waals surface area contributed by atoms with Crippen molar-refractivity contribution >= 4 is 22.4 Å². The van der Waals surface area contributed by atoms with Crippen LogP contribution in [0.15, 0.2) is 72.8 Å². The minimum Gasteiger partial charge on any atom is -0.494 e. The lowest BCUT2D eigenvalue weighted by Crippen LogP contribution is -2.28. The number of hydrogen-bond donors (Lipinski definition) is 1. The monoisotopic (exact) mass is 511 g/mol. The zero-order valence-corrected chi connectivity index (χ0v) is 23.1. The first-order valence-corrected chi connectivity index (χ1v) is 14.0. The van der Waals surface area contributed by atoms with Gasteiger partial charge in [-0.1, -0.05) is 57.0 Å². The van der Waals surface area contributed by atoms with Gasteiger partial charge in [0.2, 0.25) is 0 Å². The SMILES string of the molecule is CCCCN(CCCC)CCCOc1ccc(C(=O)c2c(-c3ccccc3)n(C)c3ccc(N)cc23)cc1. The lowest BCUT2D eigenvalue weighted by atomic mass is 9.97. The van der Waals surface area contributed by atoms with Gasteiger partial charge in [-0.3, -0.25) is 4.79 Å². The summed E-state index contributed by atoms with van der Waals surface area (Å²) in [4.78, 5) is 16.5. The van der Waals surface area contributed by atoms with Gasteiger partial charge in [0.05, 0.1) is 17.9 Å². The van der Waals surface area contributed by atoms with Crippen molar-refractivity contribution in [2.45, 2.75) is 46.0 Å². The van der Waals surface area contributed by atoms with Crippen LogP contribution in [-0.4, -0.2) is 41.5 Å². The second-order valence-corrected chi connectivity index (χ2v) is 10.0.